The molecule has 140 valence electrons. The molecule has 2 heterocycles. The van der Waals surface area contributed by atoms with Crippen LogP contribution in [0.4, 0.5) is 0 Å². The first-order chi connectivity index (χ1) is 12.5. The molecule has 0 radical (unpaired) electrons. The van der Waals surface area contributed by atoms with Gasteiger partial charge in [-0.3, -0.25) is 4.79 Å². The van der Waals surface area contributed by atoms with Crippen LogP contribution in [-0.2, 0) is 10.0 Å². The van der Waals surface area contributed by atoms with Gasteiger partial charge >= 0.3 is 0 Å². The number of sulfonamides is 1. The summed E-state index contributed by atoms with van der Waals surface area (Å²) in [5, 5.41) is 1.85. The van der Waals surface area contributed by atoms with Crippen molar-refractivity contribution in [1.82, 2.24) is 9.21 Å². The Bertz CT molecular complexity index is 873. The Balaban J connectivity index is 1.73. The van der Waals surface area contributed by atoms with Gasteiger partial charge in [0, 0.05) is 32.2 Å². The van der Waals surface area contributed by atoms with E-state index in [4.69, 9.17) is 9.47 Å². The number of hydrogen-bond acceptors (Lipinski definition) is 6. The van der Waals surface area contributed by atoms with Crippen LogP contribution in [0.25, 0.3) is 0 Å². The lowest BCUT2D eigenvalue weighted by atomic mass is 10.3. The van der Waals surface area contributed by atoms with Gasteiger partial charge in [0.25, 0.3) is 5.91 Å². The molecule has 0 aliphatic carbocycles. The molecule has 1 aromatic carbocycles. The molecule has 0 spiro atoms. The average Bonchev–Trinajstić information content (AvgIpc) is 3.21. The molecule has 0 atom stereocenters. The summed E-state index contributed by atoms with van der Waals surface area (Å²) in [5.41, 5.74) is 0. The van der Waals surface area contributed by atoms with Crippen LogP contribution in [0, 0.1) is 0 Å². The minimum absolute atomic E-state index is 0.0526. The lowest BCUT2D eigenvalue weighted by molar-refractivity contribution is 0.0703. The highest BCUT2D eigenvalue weighted by Gasteiger charge is 2.31. The fraction of sp³-hybridized carbons (Fsp3) is 0.353. The highest BCUT2D eigenvalue weighted by Crippen LogP contribution is 2.31. The maximum atomic E-state index is 12.9. The number of amides is 1. The number of methoxy groups -OCH3 is 2. The van der Waals surface area contributed by atoms with Crippen LogP contribution in [0.2, 0.25) is 0 Å². The highest BCUT2D eigenvalue weighted by atomic mass is 32.2. The molecule has 1 amide bonds. The predicted molar refractivity (Wildman–Crippen MR) is 98.5 cm³/mol. The van der Waals surface area contributed by atoms with Crippen molar-refractivity contribution in [2.75, 3.05) is 40.4 Å². The molecule has 1 aliphatic rings. The second-order valence-electron chi connectivity index (χ2n) is 5.69. The van der Waals surface area contributed by atoms with Crippen molar-refractivity contribution in [3.63, 3.8) is 0 Å². The van der Waals surface area contributed by atoms with E-state index in [1.165, 1.54) is 42.0 Å². The monoisotopic (exact) mass is 396 g/mol. The molecule has 1 saturated heterocycles. The fourth-order valence-electron chi connectivity index (χ4n) is 2.81. The summed E-state index contributed by atoms with van der Waals surface area (Å²) in [4.78, 5) is 14.9. The molecule has 0 unspecified atom stereocenters. The first-order valence-electron chi connectivity index (χ1n) is 8.02. The van der Waals surface area contributed by atoms with Crippen LogP contribution < -0.4 is 9.47 Å². The van der Waals surface area contributed by atoms with E-state index in [9.17, 15) is 13.2 Å². The van der Waals surface area contributed by atoms with Gasteiger partial charge in [0.2, 0.25) is 10.0 Å². The number of carbonyl (C=O) groups is 1. The Morgan fingerprint density at radius 2 is 1.73 bits per heavy atom. The zero-order chi connectivity index (χ0) is 18.7. The first-order valence-corrected chi connectivity index (χ1v) is 10.3. The van der Waals surface area contributed by atoms with Crippen molar-refractivity contribution in [2.24, 2.45) is 0 Å². The molecule has 2 aromatic rings. The summed E-state index contributed by atoms with van der Waals surface area (Å²) in [6.45, 7) is 1.24. The molecule has 26 heavy (non-hydrogen) atoms. The van der Waals surface area contributed by atoms with Crippen LogP contribution >= 0.6 is 11.3 Å². The largest absolute Gasteiger partial charge is 0.493 e. The third-order valence-electron chi connectivity index (χ3n) is 4.25. The summed E-state index contributed by atoms with van der Waals surface area (Å²) in [7, 11) is -0.703. The maximum Gasteiger partial charge on any atom is 0.264 e. The van der Waals surface area contributed by atoms with Gasteiger partial charge in [-0.2, -0.15) is 4.31 Å². The van der Waals surface area contributed by atoms with Crippen molar-refractivity contribution < 1.29 is 22.7 Å². The molecule has 0 saturated carbocycles. The van der Waals surface area contributed by atoms with Crippen LogP contribution in [-0.4, -0.2) is 63.9 Å². The second kappa shape index (κ2) is 7.65. The van der Waals surface area contributed by atoms with E-state index >= 15 is 0 Å². The Morgan fingerprint density at radius 1 is 1.04 bits per heavy atom. The minimum Gasteiger partial charge on any atom is -0.493 e. The van der Waals surface area contributed by atoms with Gasteiger partial charge in [-0.25, -0.2) is 8.42 Å². The van der Waals surface area contributed by atoms with Gasteiger partial charge in [0.1, 0.15) is 0 Å². The number of carbonyl (C=O) groups excluding carboxylic acids is 1. The molecule has 3 rings (SSSR count). The fourth-order valence-corrected chi connectivity index (χ4v) is 4.94. The summed E-state index contributed by atoms with van der Waals surface area (Å²) in [6.07, 6.45) is 0. The third-order valence-corrected chi connectivity index (χ3v) is 7.00. The predicted octanol–water partition coefficient (Wildman–Crippen LogP) is 1.91. The van der Waals surface area contributed by atoms with Gasteiger partial charge < -0.3 is 14.4 Å². The molecule has 1 aliphatic heterocycles. The van der Waals surface area contributed by atoms with Gasteiger partial charge in [-0.05, 0) is 23.6 Å². The molecule has 1 aromatic heterocycles. The highest BCUT2D eigenvalue weighted by molar-refractivity contribution is 7.89. The number of thiophene rings is 1. The lowest BCUT2D eigenvalue weighted by Crippen LogP contribution is -2.50. The topological polar surface area (TPSA) is 76.2 Å². The van der Waals surface area contributed by atoms with Crippen molar-refractivity contribution in [3.05, 3.63) is 40.6 Å². The molecule has 1 fully saturated rings. The molecule has 0 N–H and O–H groups in total. The molecule has 0 bridgehead atoms. The summed E-state index contributed by atoms with van der Waals surface area (Å²) < 4.78 is 37.5. The standard InChI is InChI=1S/C17H20N2O5S2/c1-23-14-6-5-13(12-15(14)24-2)26(21,22)19-9-7-18(8-10-19)17(20)16-4-3-11-25-16/h3-6,11-12H,7-10H2,1-2H3. The summed E-state index contributed by atoms with van der Waals surface area (Å²) in [6, 6.07) is 8.13. The van der Waals surface area contributed by atoms with E-state index in [1.54, 1.807) is 17.0 Å². The normalized spacial score (nSPS) is 15.7. The van der Waals surface area contributed by atoms with Crippen LogP contribution in [0.5, 0.6) is 11.5 Å². The average molecular weight is 396 g/mol. The Morgan fingerprint density at radius 3 is 2.31 bits per heavy atom. The van der Waals surface area contributed by atoms with Crippen LogP contribution in [0.3, 0.4) is 0 Å². The van der Waals surface area contributed by atoms with Gasteiger partial charge in [0.05, 0.1) is 24.0 Å². The van der Waals surface area contributed by atoms with Crippen molar-refractivity contribution in [2.45, 2.75) is 4.90 Å². The SMILES string of the molecule is COc1ccc(S(=O)(=O)N2CCN(C(=O)c3cccs3)CC2)cc1OC. The van der Waals surface area contributed by atoms with E-state index in [2.05, 4.69) is 0 Å². The Labute approximate surface area is 156 Å². The zero-order valence-electron chi connectivity index (χ0n) is 14.5. The number of piperazine rings is 1. The minimum atomic E-state index is -3.66. The van der Waals surface area contributed by atoms with E-state index in [0.29, 0.717) is 29.5 Å². The number of benzene rings is 1. The van der Waals surface area contributed by atoms with E-state index < -0.39 is 10.0 Å². The first kappa shape index (κ1) is 18.7. The smallest absolute Gasteiger partial charge is 0.264 e. The Hall–Kier alpha value is -2.10. The Kier molecular flexibility index (Phi) is 5.49. The van der Waals surface area contributed by atoms with Gasteiger partial charge in [-0.15, -0.1) is 11.3 Å². The molecule has 7 nitrogen and oxygen atoms in total. The van der Waals surface area contributed by atoms with Gasteiger partial charge in [-0.1, -0.05) is 6.07 Å². The van der Waals surface area contributed by atoms with Crippen molar-refractivity contribution in [1.29, 1.82) is 0 Å². The molecular formula is C17H20N2O5S2. The van der Waals surface area contributed by atoms with Crippen LogP contribution in [0.1, 0.15) is 9.67 Å². The summed E-state index contributed by atoms with van der Waals surface area (Å²) in [5.74, 6) is 0.779. The molecule has 9 heteroatoms. The quantitative estimate of drug-likeness (QED) is 0.772. The lowest BCUT2D eigenvalue weighted by Gasteiger charge is -2.33. The maximum absolute atomic E-state index is 12.9. The molecular weight excluding hydrogens is 376 g/mol. The summed E-state index contributed by atoms with van der Waals surface area (Å²) >= 11 is 1.39. The van der Waals surface area contributed by atoms with E-state index in [0.717, 1.165) is 0 Å². The van der Waals surface area contributed by atoms with E-state index in [1.807, 2.05) is 11.4 Å². The third kappa shape index (κ3) is 3.55. The van der Waals surface area contributed by atoms with E-state index in [-0.39, 0.29) is 23.9 Å². The zero-order valence-corrected chi connectivity index (χ0v) is 16.2. The van der Waals surface area contributed by atoms with Gasteiger partial charge in [0.15, 0.2) is 11.5 Å². The number of rotatable bonds is 5. The number of hydrogen-bond donors (Lipinski definition) is 0. The number of nitrogens with zero attached hydrogens (tertiary/aromatic N) is 2. The van der Waals surface area contributed by atoms with Crippen molar-refractivity contribution >= 4 is 27.3 Å². The number of ether oxygens (including phenoxy) is 2. The second-order valence-corrected chi connectivity index (χ2v) is 8.58. The van der Waals surface area contributed by atoms with Crippen molar-refractivity contribution in [3.8, 4) is 11.5 Å². The van der Waals surface area contributed by atoms with Crippen LogP contribution in [0.15, 0.2) is 40.6 Å².